The summed E-state index contributed by atoms with van der Waals surface area (Å²) in [5.74, 6) is 11.9. The third kappa shape index (κ3) is 6.11. The van der Waals surface area contributed by atoms with E-state index in [9.17, 15) is 0 Å². The van der Waals surface area contributed by atoms with Crippen LogP contribution in [0.3, 0.4) is 0 Å². The van der Waals surface area contributed by atoms with E-state index in [1.165, 1.54) is 82.8 Å². The van der Waals surface area contributed by atoms with E-state index in [-0.39, 0.29) is 0 Å². The quantitative estimate of drug-likeness (QED) is 0.150. The lowest BCUT2D eigenvalue weighted by Crippen LogP contribution is -2.74. The van der Waals surface area contributed by atoms with Crippen LogP contribution < -0.4 is 0 Å². The molecule has 0 heterocycles. The molecule has 0 saturated heterocycles. The molecule has 0 N–H and O–H groups in total. The van der Waals surface area contributed by atoms with Gasteiger partial charge in [0.25, 0.3) is 0 Å². The van der Waals surface area contributed by atoms with Crippen molar-refractivity contribution in [2.45, 2.75) is 163 Å². The molecule has 2 spiro atoms. The summed E-state index contributed by atoms with van der Waals surface area (Å²) in [5, 5.41) is 0.800. The first kappa shape index (κ1) is 38.1. The van der Waals surface area contributed by atoms with E-state index < -0.39 is 0 Å². The SMILES string of the molecule is CCCC(SCCS)C1(CC(C)(C)CCS)CCC(CC2CCC3CC4C2C(C)(CC)CC42[C@@H]4CC2(CC(C)(C)C4C)C3CS)CC1. The Bertz CT molecular complexity index is 1080. The first-order valence-electron chi connectivity index (χ1n) is 20.7. The molecule has 0 aromatic heterocycles. The van der Waals surface area contributed by atoms with Gasteiger partial charge < -0.3 is 0 Å². The highest BCUT2D eigenvalue weighted by Gasteiger charge is 2.82. The molecular formula is C43H76S4. The second-order valence-electron chi connectivity index (χ2n) is 20.6. The Hall–Kier alpha value is 1.40. The van der Waals surface area contributed by atoms with Gasteiger partial charge in [-0.2, -0.15) is 49.6 Å². The number of thiol groups is 3. The summed E-state index contributed by atoms with van der Waals surface area (Å²) in [6, 6.07) is 0. The molecule has 6 saturated carbocycles. The number of fused-ring (bicyclic) bond motifs is 2. The second kappa shape index (κ2) is 14.0. The molecule has 6 rings (SSSR count). The van der Waals surface area contributed by atoms with Crippen molar-refractivity contribution in [3.63, 3.8) is 0 Å². The Kier molecular flexibility index (Phi) is 11.4. The van der Waals surface area contributed by atoms with Gasteiger partial charge in [0.15, 0.2) is 0 Å². The third-order valence-corrected chi connectivity index (χ3v) is 20.4. The van der Waals surface area contributed by atoms with Crippen LogP contribution >= 0.6 is 49.6 Å². The van der Waals surface area contributed by atoms with Crippen LogP contribution in [0.25, 0.3) is 0 Å². The van der Waals surface area contributed by atoms with Gasteiger partial charge in [-0.1, -0.05) is 68.2 Å². The van der Waals surface area contributed by atoms with Crippen LogP contribution in [0.15, 0.2) is 0 Å². The van der Waals surface area contributed by atoms with Crippen molar-refractivity contribution in [2.24, 2.45) is 79.8 Å². The average molecular weight is 721 g/mol. The van der Waals surface area contributed by atoms with E-state index in [0.717, 1.165) is 69.9 Å². The van der Waals surface area contributed by atoms with Crippen LogP contribution in [-0.2, 0) is 0 Å². The van der Waals surface area contributed by atoms with Crippen LogP contribution in [0.2, 0.25) is 0 Å². The van der Waals surface area contributed by atoms with E-state index >= 15 is 0 Å². The highest BCUT2D eigenvalue weighted by Crippen LogP contribution is 2.88. The molecule has 0 aromatic carbocycles. The predicted octanol–water partition coefficient (Wildman–Crippen LogP) is 13.2. The standard InChI is InChI=1S/C43H76S4/c1-9-11-36(47-21-20-45)41(26-38(4,5)18-19-44)16-14-30(15-17-41)22-32-13-12-31-23-33-37(32)40(8,10-2)28-43(33)34-24-42(43,35(31)25-46)27-39(6,7)29(34)3/h29-37,44-46H,9-28H2,1-8H3/t29?,30?,31?,32?,33?,34-,35?,36?,37?,40?,41?,42?,43?/m1/s1. The molecule has 0 amide bonds. The zero-order chi connectivity index (χ0) is 34.0. The summed E-state index contributed by atoms with van der Waals surface area (Å²) in [4.78, 5) is 0. The van der Waals surface area contributed by atoms with Gasteiger partial charge in [0, 0.05) is 11.0 Å². The van der Waals surface area contributed by atoms with Crippen LogP contribution in [0.4, 0.5) is 0 Å². The molecule has 6 fully saturated rings. The van der Waals surface area contributed by atoms with Crippen molar-refractivity contribution in [1.29, 1.82) is 0 Å². The Labute approximate surface area is 314 Å². The average Bonchev–Trinajstić information content (AvgIpc) is 3.17. The highest BCUT2D eigenvalue weighted by molar-refractivity contribution is 8.00. The lowest BCUT2D eigenvalue weighted by Gasteiger charge is -2.80. The maximum absolute atomic E-state index is 5.23. The molecule has 47 heavy (non-hydrogen) atoms. The van der Waals surface area contributed by atoms with Crippen molar-refractivity contribution in [1.82, 2.24) is 0 Å². The van der Waals surface area contributed by atoms with Crippen LogP contribution in [-0.4, -0.2) is 28.3 Å². The predicted molar refractivity (Wildman–Crippen MR) is 220 cm³/mol. The van der Waals surface area contributed by atoms with Crippen LogP contribution in [0.1, 0.15) is 158 Å². The van der Waals surface area contributed by atoms with E-state index in [2.05, 4.69) is 79.8 Å². The molecule has 0 aromatic rings. The van der Waals surface area contributed by atoms with Crippen molar-refractivity contribution in [3.8, 4) is 0 Å². The van der Waals surface area contributed by atoms with Crippen LogP contribution in [0.5, 0.6) is 0 Å². The molecule has 272 valence electrons. The lowest BCUT2D eigenvalue weighted by molar-refractivity contribution is -0.315. The fourth-order valence-electron chi connectivity index (χ4n) is 15.7. The molecular weight excluding hydrogens is 645 g/mol. The Morgan fingerprint density at radius 2 is 1.64 bits per heavy atom. The minimum atomic E-state index is 0.383. The van der Waals surface area contributed by atoms with Gasteiger partial charge in [0.05, 0.1) is 0 Å². The monoisotopic (exact) mass is 720 g/mol. The first-order valence-corrected chi connectivity index (χ1v) is 23.6. The fraction of sp³-hybridized carbons (Fsp3) is 1.00. The maximum Gasteiger partial charge on any atom is 0.0104 e. The Balaban J connectivity index is 1.26. The molecule has 0 aliphatic heterocycles. The van der Waals surface area contributed by atoms with Crippen molar-refractivity contribution >= 4 is 49.6 Å². The van der Waals surface area contributed by atoms with E-state index in [1.54, 1.807) is 25.7 Å². The summed E-state index contributed by atoms with van der Waals surface area (Å²) < 4.78 is 0. The molecule has 11 atom stereocenters. The van der Waals surface area contributed by atoms with Gasteiger partial charge in [-0.05, 0) is 187 Å². The lowest BCUT2D eigenvalue weighted by atomic mass is 9.25. The van der Waals surface area contributed by atoms with Crippen molar-refractivity contribution in [2.75, 3.05) is 23.0 Å². The number of thioether (sulfide) groups is 1. The Morgan fingerprint density at radius 3 is 2.26 bits per heavy atom. The van der Waals surface area contributed by atoms with Gasteiger partial charge >= 0.3 is 0 Å². The summed E-state index contributed by atoms with van der Waals surface area (Å²) in [7, 11) is 0. The summed E-state index contributed by atoms with van der Waals surface area (Å²) in [6.07, 6.45) is 23.4. The molecule has 4 heteroatoms. The summed E-state index contributed by atoms with van der Waals surface area (Å²) in [6.45, 7) is 20.9. The van der Waals surface area contributed by atoms with Gasteiger partial charge in [0.1, 0.15) is 0 Å². The largest absolute Gasteiger partial charge is 0.179 e. The second-order valence-corrected chi connectivity index (χ2v) is 23.2. The van der Waals surface area contributed by atoms with Crippen molar-refractivity contribution < 1.29 is 0 Å². The van der Waals surface area contributed by atoms with E-state index in [4.69, 9.17) is 25.3 Å². The maximum atomic E-state index is 5.23. The minimum Gasteiger partial charge on any atom is -0.179 e. The molecule has 0 nitrogen and oxygen atoms in total. The van der Waals surface area contributed by atoms with Gasteiger partial charge in [-0.25, -0.2) is 0 Å². The molecule has 6 aliphatic carbocycles. The molecule has 4 bridgehead atoms. The van der Waals surface area contributed by atoms with Crippen molar-refractivity contribution in [3.05, 3.63) is 0 Å². The smallest absolute Gasteiger partial charge is 0.0104 e. The van der Waals surface area contributed by atoms with Gasteiger partial charge in [0.2, 0.25) is 0 Å². The first-order chi connectivity index (χ1) is 22.2. The number of hydrogen-bond donors (Lipinski definition) is 3. The van der Waals surface area contributed by atoms with Crippen LogP contribution in [0, 0.1) is 79.8 Å². The van der Waals surface area contributed by atoms with Gasteiger partial charge in [-0.15, -0.1) is 0 Å². The summed E-state index contributed by atoms with van der Waals surface area (Å²) in [5.41, 5.74) is 3.13. The summed E-state index contributed by atoms with van der Waals surface area (Å²) >= 11 is 16.9. The topological polar surface area (TPSA) is 0 Å². The number of rotatable bonds is 14. The third-order valence-electron chi connectivity index (χ3n) is 17.6. The van der Waals surface area contributed by atoms with E-state index in [0.29, 0.717) is 32.5 Å². The Morgan fingerprint density at radius 1 is 0.915 bits per heavy atom. The molecule has 10 unspecified atom stereocenters. The zero-order valence-corrected chi connectivity index (χ0v) is 35.6. The zero-order valence-electron chi connectivity index (χ0n) is 32.1. The molecule has 6 aliphatic rings. The minimum absolute atomic E-state index is 0.383. The molecule has 0 radical (unpaired) electrons. The van der Waals surface area contributed by atoms with Gasteiger partial charge in [-0.3, -0.25) is 0 Å². The highest BCUT2D eigenvalue weighted by atomic mass is 32.2. The normalized spacial score (nSPS) is 47.6. The fourth-order valence-corrected chi connectivity index (χ4v) is 18.7. The number of hydrogen-bond acceptors (Lipinski definition) is 4. The van der Waals surface area contributed by atoms with E-state index in [1.807, 2.05) is 0 Å².